The van der Waals surface area contributed by atoms with Crippen LogP contribution in [0, 0.1) is 0 Å². The molecule has 2 aromatic carbocycles. The maximum atomic E-state index is 13.0. The third kappa shape index (κ3) is 2.28. The quantitative estimate of drug-likeness (QED) is 0.847. The summed E-state index contributed by atoms with van der Waals surface area (Å²) in [6.45, 7) is 3.17. The van der Waals surface area contributed by atoms with E-state index in [-0.39, 0.29) is 11.8 Å². The molecule has 4 heteroatoms. The maximum absolute atomic E-state index is 13.0. The van der Waals surface area contributed by atoms with Crippen LogP contribution in [-0.4, -0.2) is 36.9 Å². The van der Waals surface area contributed by atoms with Crippen LogP contribution >= 0.6 is 0 Å². The van der Waals surface area contributed by atoms with Gasteiger partial charge in [-0.3, -0.25) is 9.59 Å². The van der Waals surface area contributed by atoms with E-state index in [2.05, 4.69) is 6.92 Å². The summed E-state index contributed by atoms with van der Waals surface area (Å²) in [7, 11) is 1.82. The summed E-state index contributed by atoms with van der Waals surface area (Å²) in [6, 6.07) is 15.7. The van der Waals surface area contributed by atoms with Gasteiger partial charge in [-0.2, -0.15) is 0 Å². The first-order chi connectivity index (χ1) is 12.1. The van der Waals surface area contributed by atoms with Crippen LogP contribution in [0.2, 0.25) is 0 Å². The van der Waals surface area contributed by atoms with Crippen molar-refractivity contribution in [1.82, 2.24) is 4.90 Å². The van der Waals surface area contributed by atoms with Crippen molar-refractivity contribution in [3.05, 3.63) is 65.2 Å². The normalized spacial score (nSPS) is 21.9. The first-order valence-electron chi connectivity index (χ1n) is 8.83. The van der Waals surface area contributed by atoms with Crippen LogP contribution in [0.25, 0.3) is 0 Å². The Morgan fingerprint density at radius 3 is 2.56 bits per heavy atom. The van der Waals surface area contributed by atoms with E-state index in [1.54, 1.807) is 4.90 Å². The van der Waals surface area contributed by atoms with Gasteiger partial charge in [0, 0.05) is 31.4 Å². The highest BCUT2D eigenvalue weighted by atomic mass is 16.2. The zero-order chi connectivity index (χ0) is 17.6. The smallest absolute Gasteiger partial charge is 0.253 e. The third-order valence-corrected chi connectivity index (χ3v) is 5.66. The first kappa shape index (κ1) is 15.9. The molecule has 0 aliphatic carbocycles. The van der Waals surface area contributed by atoms with Gasteiger partial charge in [0.15, 0.2) is 0 Å². The molecule has 0 aromatic heterocycles. The third-order valence-electron chi connectivity index (χ3n) is 5.66. The molecule has 25 heavy (non-hydrogen) atoms. The van der Waals surface area contributed by atoms with Gasteiger partial charge in [-0.25, -0.2) is 0 Å². The van der Waals surface area contributed by atoms with Crippen molar-refractivity contribution in [2.75, 3.05) is 25.0 Å². The average molecular weight is 334 g/mol. The van der Waals surface area contributed by atoms with Crippen molar-refractivity contribution < 1.29 is 9.59 Å². The molecular formula is C21H22N2O2. The summed E-state index contributed by atoms with van der Waals surface area (Å²) in [4.78, 5) is 29.4. The fraction of sp³-hybridized carbons (Fsp3) is 0.333. The highest BCUT2D eigenvalue weighted by Gasteiger charge is 2.54. The van der Waals surface area contributed by atoms with E-state index in [1.165, 1.54) is 5.56 Å². The fourth-order valence-electron chi connectivity index (χ4n) is 4.16. The van der Waals surface area contributed by atoms with Crippen molar-refractivity contribution >= 4 is 17.5 Å². The van der Waals surface area contributed by atoms with Crippen LogP contribution < -0.4 is 4.90 Å². The Balaban J connectivity index is 1.63. The van der Waals surface area contributed by atoms with Crippen molar-refractivity contribution in [3.63, 3.8) is 0 Å². The Hall–Kier alpha value is -2.62. The molecule has 0 bridgehead atoms. The average Bonchev–Trinajstić information content (AvgIpc) is 3.20. The zero-order valence-electron chi connectivity index (χ0n) is 14.7. The molecule has 4 rings (SSSR count). The lowest BCUT2D eigenvalue weighted by Gasteiger charge is -2.23. The van der Waals surface area contributed by atoms with E-state index in [0.29, 0.717) is 25.1 Å². The number of hydrogen-bond acceptors (Lipinski definition) is 2. The molecule has 1 saturated heterocycles. The Kier molecular flexibility index (Phi) is 3.64. The molecule has 2 amide bonds. The lowest BCUT2D eigenvalue weighted by atomic mass is 9.81. The second kappa shape index (κ2) is 5.73. The van der Waals surface area contributed by atoms with Gasteiger partial charge in [-0.1, -0.05) is 37.3 Å². The largest absolute Gasteiger partial charge is 0.337 e. The molecule has 2 aliphatic rings. The maximum Gasteiger partial charge on any atom is 0.253 e. The first-order valence-corrected chi connectivity index (χ1v) is 8.83. The van der Waals surface area contributed by atoms with E-state index >= 15 is 0 Å². The topological polar surface area (TPSA) is 40.6 Å². The van der Waals surface area contributed by atoms with E-state index in [9.17, 15) is 9.59 Å². The molecule has 2 heterocycles. The Morgan fingerprint density at radius 2 is 1.84 bits per heavy atom. The van der Waals surface area contributed by atoms with Gasteiger partial charge in [-0.15, -0.1) is 0 Å². The predicted molar refractivity (Wildman–Crippen MR) is 97.9 cm³/mol. The van der Waals surface area contributed by atoms with Gasteiger partial charge in [-0.05, 0) is 42.2 Å². The molecule has 0 N–H and O–H groups in total. The number of para-hydroxylation sites is 1. The van der Waals surface area contributed by atoms with Crippen LogP contribution in [0.5, 0.6) is 0 Å². The summed E-state index contributed by atoms with van der Waals surface area (Å²) in [6.07, 6.45) is 1.64. The van der Waals surface area contributed by atoms with Gasteiger partial charge in [0.25, 0.3) is 5.91 Å². The van der Waals surface area contributed by atoms with Gasteiger partial charge >= 0.3 is 0 Å². The lowest BCUT2D eigenvalue weighted by Crippen LogP contribution is -2.42. The summed E-state index contributed by atoms with van der Waals surface area (Å²) in [5.41, 5.74) is 3.36. The van der Waals surface area contributed by atoms with Gasteiger partial charge in [0.1, 0.15) is 0 Å². The SMILES string of the molecule is CCc1ccc(C(=O)N2CC[C@@]3(C2)C(=O)N(C)c2ccccc23)cc1. The molecule has 1 fully saturated rings. The fourth-order valence-corrected chi connectivity index (χ4v) is 4.16. The summed E-state index contributed by atoms with van der Waals surface area (Å²) in [5.74, 6) is 0.115. The molecule has 128 valence electrons. The van der Waals surface area contributed by atoms with Crippen molar-refractivity contribution in [3.8, 4) is 0 Å². The van der Waals surface area contributed by atoms with Crippen molar-refractivity contribution in [2.45, 2.75) is 25.2 Å². The highest BCUT2D eigenvalue weighted by Crippen LogP contribution is 2.46. The number of likely N-dealkylation sites (N-methyl/N-ethyl adjacent to an activating group) is 1. The Labute approximate surface area is 148 Å². The van der Waals surface area contributed by atoms with E-state index < -0.39 is 5.41 Å². The van der Waals surface area contributed by atoms with Crippen LogP contribution in [0.3, 0.4) is 0 Å². The van der Waals surface area contributed by atoms with Gasteiger partial charge in [0.05, 0.1) is 5.41 Å². The van der Waals surface area contributed by atoms with Crippen molar-refractivity contribution in [2.24, 2.45) is 0 Å². The number of carbonyl (C=O) groups excluding carboxylic acids is 2. The second-order valence-electron chi connectivity index (χ2n) is 6.99. The summed E-state index contributed by atoms with van der Waals surface area (Å²) >= 11 is 0. The standard InChI is InChI=1S/C21H22N2O2/c1-3-15-8-10-16(11-9-15)19(24)23-13-12-21(14-23)17-6-4-5-7-18(17)22(2)20(21)25/h4-11H,3,12-14H2,1-2H3/t21-/m0/s1. The number of carbonyl (C=O) groups is 2. The Bertz CT molecular complexity index is 843. The van der Waals surface area contributed by atoms with Crippen molar-refractivity contribution in [1.29, 1.82) is 0 Å². The number of anilines is 1. The molecule has 2 aromatic rings. The molecule has 0 saturated carbocycles. The minimum absolute atomic E-state index is 0.0133. The number of nitrogens with zero attached hydrogens (tertiary/aromatic N) is 2. The number of rotatable bonds is 2. The molecule has 0 unspecified atom stereocenters. The number of aryl methyl sites for hydroxylation is 1. The Morgan fingerprint density at radius 1 is 1.12 bits per heavy atom. The minimum Gasteiger partial charge on any atom is -0.337 e. The van der Waals surface area contributed by atoms with Crippen LogP contribution in [0.1, 0.15) is 34.8 Å². The highest BCUT2D eigenvalue weighted by molar-refractivity contribution is 6.09. The molecule has 1 spiro atoms. The lowest BCUT2D eigenvalue weighted by molar-refractivity contribution is -0.122. The summed E-state index contributed by atoms with van der Waals surface area (Å²) < 4.78 is 0. The number of hydrogen-bond donors (Lipinski definition) is 0. The molecule has 4 nitrogen and oxygen atoms in total. The molecule has 2 aliphatic heterocycles. The summed E-state index contributed by atoms with van der Waals surface area (Å²) in [5, 5.41) is 0. The van der Waals surface area contributed by atoms with E-state index in [4.69, 9.17) is 0 Å². The van der Waals surface area contributed by atoms with Crippen LogP contribution in [-0.2, 0) is 16.6 Å². The van der Waals surface area contributed by atoms with E-state index in [1.807, 2.05) is 60.5 Å². The number of likely N-dealkylation sites (tertiary alicyclic amines) is 1. The molecule has 1 atom stereocenters. The zero-order valence-corrected chi connectivity index (χ0v) is 14.7. The van der Waals surface area contributed by atoms with E-state index in [0.717, 1.165) is 17.7 Å². The number of amides is 2. The van der Waals surface area contributed by atoms with Gasteiger partial charge < -0.3 is 9.80 Å². The monoisotopic (exact) mass is 334 g/mol. The molecular weight excluding hydrogens is 312 g/mol. The number of benzene rings is 2. The van der Waals surface area contributed by atoms with Crippen LogP contribution in [0.15, 0.2) is 48.5 Å². The van der Waals surface area contributed by atoms with Crippen LogP contribution in [0.4, 0.5) is 5.69 Å². The van der Waals surface area contributed by atoms with Gasteiger partial charge in [0.2, 0.25) is 5.91 Å². The number of fused-ring (bicyclic) bond motifs is 2. The molecule has 0 radical (unpaired) electrons. The predicted octanol–water partition coefficient (Wildman–Crippen LogP) is 3.01. The second-order valence-corrected chi connectivity index (χ2v) is 6.99. The minimum atomic E-state index is -0.579.